The summed E-state index contributed by atoms with van der Waals surface area (Å²) in [4.78, 5) is 32.6. The predicted molar refractivity (Wildman–Crippen MR) is 320 cm³/mol. The second kappa shape index (κ2) is 24.1. The van der Waals surface area contributed by atoms with Crippen LogP contribution >= 0.6 is 11.3 Å². The number of amides is 2. The van der Waals surface area contributed by atoms with Crippen molar-refractivity contribution in [3.05, 3.63) is 124 Å². The molecule has 2 aromatic heterocycles. The fourth-order valence-electron chi connectivity index (χ4n) is 10.6. The first-order chi connectivity index (χ1) is 40.8. The molecule has 38 heteroatoms. The van der Waals surface area contributed by atoms with E-state index in [0.29, 0.717) is 23.5 Å². The zero-order valence-corrected chi connectivity index (χ0v) is 53.6. The Bertz CT molecular complexity index is 5070. The van der Waals surface area contributed by atoms with Crippen LogP contribution in [0.4, 0.5) is 11.4 Å². The molecule has 0 fully saturated rings. The van der Waals surface area contributed by atoms with E-state index in [-0.39, 0.29) is 116 Å². The van der Waals surface area contributed by atoms with Gasteiger partial charge in [0.25, 0.3) is 66.5 Å². The maximum atomic E-state index is 13.5. The Morgan fingerprint density at radius 2 is 1.33 bits per heavy atom. The molecule has 0 spiro atoms. The summed E-state index contributed by atoms with van der Waals surface area (Å²) in [6.07, 6.45) is 6.28. The van der Waals surface area contributed by atoms with Gasteiger partial charge in [-0.05, 0) is 97.3 Å². The van der Waals surface area contributed by atoms with Crippen LogP contribution in [-0.2, 0) is 93.4 Å². The highest BCUT2D eigenvalue weighted by Crippen LogP contribution is 2.52. The number of anilines is 1. The van der Waals surface area contributed by atoms with Crippen LogP contribution in [0.3, 0.4) is 0 Å². The molecule has 4 heterocycles. The minimum Gasteiger partial charge on any atom is -0.748 e. The number of benzene rings is 4. The molecule has 2 amide bonds. The molecule has 0 radical (unpaired) electrons. The van der Waals surface area contributed by atoms with Crippen molar-refractivity contribution in [3.8, 4) is 0 Å². The number of carbonyl (C=O) groups is 2. The molecule has 478 valence electrons. The van der Waals surface area contributed by atoms with Crippen molar-refractivity contribution in [1.82, 2.24) is 20.1 Å². The molecule has 6 aromatic rings. The molecule has 0 atom stereocenters. The van der Waals surface area contributed by atoms with Crippen molar-refractivity contribution in [2.24, 2.45) is 17.2 Å². The summed E-state index contributed by atoms with van der Waals surface area (Å²) in [5, 5.41) is 10.9. The Hall–Kier alpha value is -6.89. The lowest BCUT2D eigenvalue weighted by molar-refractivity contribution is -0.437. The summed E-state index contributed by atoms with van der Waals surface area (Å²) < 4.78 is 238. The highest BCUT2D eigenvalue weighted by molar-refractivity contribution is 7.91. The van der Waals surface area contributed by atoms with Crippen molar-refractivity contribution in [3.63, 3.8) is 0 Å². The number of pyridine rings is 1. The largest absolute Gasteiger partial charge is 0.748 e. The number of primary sulfonamides is 1. The average molecular weight is 1390 g/mol. The smallest absolute Gasteiger partial charge is 0.295 e. The highest BCUT2D eigenvalue weighted by atomic mass is 32.3. The van der Waals surface area contributed by atoms with E-state index in [1.807, 2.05) is 0 Å². The molecular formula is C51H54N8O22S8. The van der Waals surface area contributed by atoms with Gasteiger partial charge in [0, 0.05) is 95.8 Å². The quantitative estimate of drug-likeness (QED) is 0.0309. The lowest BCUT2D eigenvalue weighted by Crippen LogP contribution is -2.28. The summed E-state index contributed by atoms with van der Waals surface area (Å²) >= 11 is 0.537. The number of hydrogen-bond donors (Lipinski definition) is 7. The summed E-state index contributed by atoms with van der Waals surface area (Å²) in [5.41, 5.74) is -1.09. The molecule has 0 bridgehead atoms. The molecular weight excluding hydrogens is 1330 g/mol. The third-order valence-corrected chi connectivity index (χ3v) is 21.8. The first-order valence-corrected chi connectivity index (χ1v) is 37.0. The number of aromatic nitrogens is 3. The van der Waals surface area contributed by atoms with Gasteiger partial charge in [-0.2, -0.15) is 51.7 Å². The van der Waals surface area contributed by atoms with E-state index in [9.17, 15) is 95.8 Å². The van der Waals surface area contributed by atoms with Crippen LogP contribution in [0.5, 0.6) is 0 Å². The minimum atomic E-state index is -5.20. The number of fused-ring (bicyclic) bond motifs is 6. The lowest BCUT2D eigenvalue weighted by atomic mass is 9.79. The summed E-state index contributed by atoms with van der Waals surface area (Å²) in [7, 11) is -33.0. The molecule has 0 aliphatic carbocycles. The number of nitrogens with zero attached hydrogens (tertiary/aromatic N) is 6. The summed E-state index contributed by atoms with van der Waals surface area (Å²) in [6, 6.07) is 11.2. The summed E-state index contributed by atoms with van der Waals surface area (Å²) in [6.45, 7) is 5.83. The Labute approximate surface area is 514 Å². The lowest BCUT2D eigenvalue weighted by Gasteiger charge is -2.27. The molecule has 8 N–H and O–H groups in total. The van der Waals surface area contributed by atoms with Gasteiger partial charge in [-0.25, -0.2) is 26.7 Å². The van der Waals surface area contributed by atoms with Gasteiger partial charge in [-0.15, -0.1) is 5.10 Å². The van der Waals surface area contributed by atoms with Crippen LogP contribution in [0.25, 0.3) is 27.1 Å². The topological polar surface area (TPSA) is 485 Å². The standard InChI is InChI=1S/C51H54N8O22S8/c1-50(2)42(58(20-6-22-83(62,63)64)38-14-11-33-35(45(38)50)24-31(86(70,71)72)26-40(33)88(76,77)78)16-9-29(37-13-8-30(28-54-37)47(61)53-19-18-44(60)55-48-57(5)56-49(82-48)85(52,68)69)10-17-43-51(3,4)46-36-25-32(87(73,74)75)27-41(89(79,80)81)34(36)12-15-39(46)59(43)21-7-23-84(65,66)67/h8-17,24-28H,6-7,18-23H2,1-5H3,(H8-,52,53,61,62,63,64,65,66,67,68,69,70,71,72,73,74,75,76,77,78,79,80,81)/b55-48+. The van der Waals surface area contributed by atoms with Gasteiger partial charge in [0.1, 0.15) is 16.3 Å². The van der Waals surface area contributed by atoms with Crippen LogP contribution in [-0.4, -0.2) is 154 Å². The third kappa shape index (κ3) is 14.8. The molecule has 30 nitrogen and oxygen atoms in total. The van der Waals surface area contributed by atoms with Crippen LogP contribution in [0.1, 0.15) is 74.1 Å². The zero-order chi connectivity index (χ0) is 66.2. The van der Waals surface area contributed by atoms with Gasteiger partial charge in [-0.1, -0.05) is 37.3 Å². The van der Waals surface area contributed by atoms with E-state index in [2.05, 4.69) is 20.4 Å². The third-order valence-electron chi connectivity index (χ3n) is 14.4. The van der Waals surface area contributed by atoms with Crippen LogP contribution < -0.4 is 20.2 Å². The number of allylic oxidation sites excluding steroid dienone is 6. The predicted octanol–water partition coefficient (Wildman–Crippen LogP) is 2.98. The van der Waals surface area contributed by atoms with Gasteiger partial charge in [0.15, 0.2) is 5.71 Å². The van der Waals surface area contributed by atoms with Gasteiger partial charge in [-0.3, -0.25) is 37.3 Å². The monoisotopic (exact) mass is 1390 g/mol. The number of carbonyl (C=O) groups excluding carboxylic acids is 2. The van der Waals surface area contributed by atoms with Crippen molar-refractivity contribution >= 4 is 138 Å². The Morgan fingerprint density at radius 1 is 0.742 bits per heavy atom. The van der Waals surface area contributed by atoms with Crippen molar-refractivity contribution in [1.29, 1.82) is 0 Å². The molecule has 2 aliphatic rings. The van der Waals surface area contributed by atoms with Gasteiger partial charge in [0.05, 0.1) is 42.3 Å². The number of nitrogens with one attached hydrogen (secondary N) is 1. The zero-order valence-electron chi connectivity index (χ0n) is 47.0. The maximum Gasteiger partial charge on any atom is 0.295 e. The number of nitrogens with two attached hydrogens (primary N) is 1. The number of rotatable bonds is 21. The summed E-state index contributed by atoms with van der Waals surface area (Å²) in [5.74, 6) is -3.12. The van der Waals surface area contributed by atoms with Crippen LogP contribution in [0.2, 0.25) is 0 Å². The molecule has 2 aliphatic heterocycles. The number of aryl methyl sites for hydroxylation is 1. The van der Waals surface area contributed by atoms with E-state index in [0.717, 1.165) is 23.0 Å². The first-order valence-electron chi connectivity index (χ1n) is 25.7. The maximum absolute atomic E-state index is 13.5. The molecule has 0 saturated carbocycles. The van der Waals surface area contributed by atoms with E-state index in [4.69, 9.17) is 5.14 Å². The second-order valence-electron chi connectivity index (χ2n) is 21.3. The normalized spacial score (nSPS) is 16.5. The molecule has 8 rings (SSSR count). The van der Waals surface area contributed by atoms with E-state index < -0.39 is 129 Å². The van der Waals surface area contributed by atoms with Crippen LogP contribution in [0, 0.1) is 0 Å². The Morgan fingerprint density at radius 3 is 1.84 bits per heavy atom. The highest BCUT2D eigenvalue weighted by Gasteiger charge is 2.47. The minimum absolute atomic E-state index is 0.0501. The molecule has 0 saturated heterocycles. The first kappa shape index (κ1) is 68.0. The van der Waals surface area contributed by atoms with Gasteiger partial charge in [0.2, 0.25) is 20.7 Å². The number of hydrogen-bond acceptors (Lipinski definition) is 21. The Kier molecular flexibility index (Phi) is 18.4. The number of sulfonamides is 1. The van der Waals surface area contributed by atoms with Crippen molar-refractivity contribution < 1.29 is 100 Å². The fourth-order valence-corrected chi connectivity index (χ4v) is 15.9. The van der Waals surface area contributed by atoms with Crippen molar-refractivity contribution in [2.75, 3.05) is 36.0 Å². The van der Waals surface area contributed by atoms with Gasteiger partial charge < -0.3 is 14.8 Å². The molecule has 89 heavy (non-hydrogen) atoms. The molecule has 4 aromatic carbocycles. The fraction of sp³-hybridized carbons (Fsp3) is 0.294. The Balaban J connectivity index is 1.30. The van der Waals surface area contributed by atoms with E-state index in [1.54, 1.807) is 37.2 Å². The SMILES string of the molecule is Cn1nc(S(N)(=O)=O)s/c1=N/C(=O)CCNC(=O)c1ccc(C(=C\C=C2\N(CCCS(=O)(=O)O)c3ccc4c(S(=O)(=O)O)cc(S(=O)(=O)O)cc4c3C2(C)C)/C=C/C2=[N+](CCCS(=O)(=O)[O-])c3ccc4c(S(=O)(=O)O)cc(S(=O)(=O)O)cc4c3C2(C)C)nc1. The van der Waals surface area contributed by atoms with E-state index in [1.165, 1.54) is 67.7 Å². The van der Waals surface area contributed by atoms with Crippen molar-refractivity contribution in [2.45, 2.75) is 81.7 Å². The average Bonchev–Trinajstić information content (AvgIpc) is 1.66. The van der Waals surface area contributed by atoms with Crippen LogP contribution in [0.15, 0.2) is 126 Å². The van der Waals surface area contributed by atoms with Gasteiger partial charge >= 0.3 is 0 Å². The van der Waals surface area contributed by atoms with E-state index >= 15 is 0 Å². The second-order valence-corrected chi connectivity index (χ2v) is 32.7. The molecule has 0 unspecified atom stereocenters.